The van der Waals surface area contributed by atoms with Crippen LogP contribution in [0.1, 0.15) is 39.5 Å². The van der Waals surface area contributed by atoms with Crippen LogP contribution in [-0.2, 0) is 4.79 Å². The zero-order valence-electron chi connectivity index (χ0n) is 11.9. The molecule has 3 heteroatoms. The highest BCUT2D eigenvalue weighted by atomic mass is 16.2. The number of anilines is 2. The number of hydrogen-bond donors (Lipinski definition) is 2. The maximum atomic E-state index is 11.6. The molecule has 19 heavy (non-hydrogen) atoms. The molecular formula is C16H24N2O. The van der Waals surface area contributed by atoms with E-state index in [0.717, 1.165) is 30.8 Å². The minimum Gasteiger partial charge on any atom is -0.385 e. The van der Waals surface area contributed by atoms with E-state index >= 15 is 0 Å². The Morgan fingerprint density at radius 3 is 2.47 bits per heavy atom. The first-order chi connectivity index (χ1) is 9.19. The lowest BCUT2D eigenvalue weighted by atomic mass is 10.1. The molecule has 0 saturated heterocycles. The summed E-state index contributed by atoms with van der Waals surface area (Å²) in [7, 11) is 0. The number of rotatable bonds is 7. The van der Waals surface area contributed by atoms with Crippen molar-refractivity contribution in [2.24, 2.45) is 11.8 Å². The average molecular weight is 260 g/mol. The lowest BCUT2D eigenvalue weighted by Gasteiger charge is -2.13. The Balaban J connectivity index is 1.78. The largest absolute Gasteiger partial charge is 0.385 e. The Morgan fingerprint density at radius 1 is 1.26 bits per heavy atom. The molecule has 1 fully saturated rings. The summed E-state index contributed by atoms with van der Waals surface area (Å²) in [5, 5.41) is 6.38. The van der Waals surface area contributed by atoms with Gasteiger partial charge in [0.1, 0.15) is 0 Å². The van der Waals surface area contributed by atoms with Gasteiger partial charge < -0.3 is 10.6 Å². The lowest BCUT2D eigenvalue weighted by molar-refractivity contribution is -0.117. The van der Waals surface area contributed by atoms with Crippen molar-refractivity contribution < 1.29 is 4.79 Å². The Hall–Kier alpha value is -1.51. The molecule has 1 unspecified atom stereocenters. The van der Waals surface area contributed by atoms with Crippen LogP contribution >= 0.6 is 0 Å². The summed E-state index contributed by atoms with van der Waals surface area (Å²) in [4.78, 5) is 11.6. The number of carbonyl (C=O) groups is 1. The summed E-state index contributed by atoms with van der Waals surface area (Å²) >= 11 is 0. The van der Waals surface area contributed by atoms with Crippen LogP contribution in [-0.4, -0.2) is 12.5 Å². The zero-order valence-corrected chi connectivity index (χ0v) is 11.9. The van der Waals surface area contributed by atoms with Crippen molar-refractivity contribution in [3.8, 4) is 0 Å². The molecule has 1 saturated carbocycles. The van der Waals surface area contributed by atoms with E-state index in [2.05, 4.69) is 24.5 Å². The fourth-order valence-corrected chi connectivity index (χ4v) is 2.15. The summed E-state index contributed by atoms with van der Waals surface area (Å²) < 4.78 is 0. The lowest BCUT2D eigenvalue weighted by Crippen LogP contribution is -2.13. The van der Waals surface area contributed by atoms with E-state index in [0.29, 0.717) is 5.92 Å². The van der Waals surface area contributed by atoms with Gasteiger partial charge in [0.2, 0.25) is 5.91 Å². The minimum absolute atomic E-state index is 0.164. The molecule has 2 N–H and O–H groups in total. The molecule has 1 amide bonds. The van der Waals surface area contributed by atoms with Gasteiger partial charge in [-0.2, -0.15) is 0 Å². The molecule has 0 spiro atoms. The molecule has 0 heterocycles. The molecule has 1 aromatic carbocycles. The Kier molecular flexibility index (Phi) is 4.83. The topological polar surface area (TPSA) is 41.1 Å². The van der Waals surface area contributed by atoms with Gasteiger partial charge >= 0.3 is 0 Å². The van der Waals surface area contributed by atoms with E-state index in [1.165, 1.54) is 12.8 Å². The molecular weight excluding hydrogens is 236 g/mol. The fraction of sp³-hybridized carbons (Fsp3) is 0.562. The van der Waals surface area contributed by atoms with Crippen molar-refractivity contribution in [2.75, 3.05) is 17.2 Å². The number of amides is 1. The fourth-order valence-electron chi connectivity index (χ4n) is 2.15. The Morgan fingerprint density at radius 2 is 1.89 bits per heavy atom. The molecule has 1 aromatic rings. The second-order valence-corrected chi connectivity index (χ2v) is 5.62. The Bertz CT molecular complexity index is 409. The molecule has 1 aliphatic rings. The van der Waals surface area contributed by atoms with Crippen molar-refractivity contribution >= 4 is 17.3 Å². The van der Waals surface area contributed by atoms with Gasteiger partial charge in [-0.05, 0) is 49.4 Å². The zero-order chi connectivity index (χ0) is 13.7. The smallest absolute Gasteiger partial charge is 0.227 e. The number of carbonyl (C=O) groups excluding carboxylic acids is 1. The van der Waals surface area contributed by atoms with Crippen molar-refractivity contribution in [1.29, 1.82) is 0 Å². The molecule has 2 rings (SSSR count). The number of benzene rings is 1. The second kappa shape index (κ2) is 6.60. The van der Waals surface area contributed by atoms with Crippen LogP contribution in [0.2, 0.25) is 0 Å². The highest BCUT2D eigenvalue weighted by Gasteiger charge is 2.29. The first-order valence-corrected chi connectivity index (χ1v) is 7.34. The molecule has 104 valence electrons. The van der Waals surface area contributed by atoms with Gasteiger partial charge in [0.15, 0.2) is 0 Å². The quantitative estimate of drug-likeness (QED) is 0.781. The van der Waals surface area contributed by atoms with E-state index in [4.69, 9.17) is 0 Å². The summed E-state index contributed by atoms with van der Waals surface area (Å²) in [5.41, 5.74) is 2.01. The van der Waals surface area contributed by atoms with E-state index < -0.39 is 0 Å². The monoisotopic (exact) mass is 260 g/mol. The van der Waals surface area contributed by atoms with Gasteiger partial charge in [0.05, 0.1) is 0 Å². The maximum Gasteiger partial charge on any atom is 0.227 e. The van der Waals surface area contributed by atoms with Crippen molar-refractivity contribution in [3.05, 3.63) is 24.3 Å². The predicted octanol–water partition coefficient (Wildman–Crippen LogP) is 3.88. The number of nitrogens with one attached hydrogen (secondary N) is 2. The molecule has 0 bridgehead atoms. The third-order valence-electron chi connectivity index (χ3n) is 3.54. The summed E-state index contributed by atoms with van der Waals surface area (Å²) in [6.07, 6.45) is 4.57. The number of hydrogen-bond acceptors (Lipinski definition) is 2. The van der Waals surface area contributed by atoms with Gasteiger partial charge in [-0.1, -0.05) is 20.3 Å². The molecule has 1 aliphatic carbocycles. The van der Waals surface area contributed by atoms with Gasteiger partial charge in [-0.3, -0.25) is 4.79 Å². The molecule has 1 atom stereocenters. The first kappa shape index (κ1) is 13.9. The molecule has 0 aromatic heterocycles. The van der Waals surface area contributed by atoms with Crippen LogP contribution < -0.4 is 10.6 Å². The van der Waals surface area contributed by atoms with E-state index in [1.807, 2.05) is 24.3 Å². The predicted molar refractivity (Wildman–Crippen MR) is 80.4 cm³/mol. The van der Waals surface area contributed by atoms with Gasteiger partial charge in [-0.15, -0.1) is 0 Å². The van der Waals surface area contributed by atoms with Crippen LogP contribution in [0.3, 0.4) is 0 Å². The van der Waals surface area contributed by atoms with Gasteiger partial charge in [-0.25, -0.2) is 0 Å². The van der Waals surface area contributed by atoms with Crippen molar-refractivity contribution in [2.45, 2.75) is 39.5 Å². The van der Waals surface area contributed by atoms with Crippen LogP contribution in [0.5, 0.6) is 0 Å². The maximum absolute atomic E-state index is 11.6. The van der Waals surface area contributed by atoms with Gasteiger partial charge in [0, 0.05) is 23.8 Å². The normalized spacial score (nSPS) is 15.9. The standard InChI is InChI=1S/C16H24N2O/c1-3-4-12(2)11-17-14-7-9-15(10-8-14)18-16(19)13-5-6-13/h7-10,12-13,17H,3-6,11H2,1-2H3,(H,18,19). The van der Waals surface area contributed by atoms with E-state index in [1.54, 1.807) is 0 Å². The van der Waals surface area contributed by atoms with Crippen molar-refractivity contribution in [1.82, 2.24) is 0 Å². The molecule has 0 radical (unpaired) electrons. The second-order valence-electron chi connectivity index (χ2n) is 5.62. The average Bonchev–Trinajstić information content (AvgIpc) is 3.22. The molecule has 0 aliphatic heterocycles. The highest BCUT2D eigenvalue weighted by molar-refractivity contribution is 5.94. The highest BCUT2D eigenvalue weighted by Crippen LogP contribution is 2.30. The third-order valence-corrected chi connectivity index (χ3v) is 3.54. The van der Waals surface area contributed by atoms with Crippen molar-refractivity contribution in [3.63, 3.8) is 0 Å². The summed E-state index contributed by atoms with van der Waals surface area (Å²) in [5.74, 6) is 1.12. The first-order valence-electron chi connectivity index (χ1n) is 7.34. The summed E-state index contributed by atoms with van der Waals surface area (Å²) in [6.45, 7) is 5.48. The summed E-state index contributed by atoms with van der Waals surface area (Å²) in [6, 6.07) is 7.99. The van der Waals surface area contributed by atoms with Crippen LogP contribution in [0, 0.1) is 11.8 Å². The molecule has 3 nitrogen and oxygen atoms in total. The van der Waals surface area contributed by atoms with E-state index in [9.17, 15) is 4.79 Å². The van der Waals surface area contributed by atoms with Crippen LogP contribution in [0.25, 0.3) is 0 Å². The minimum atomic E-state index is 0.164. The SMILES string of the molecule is CCCC(C)CNc1ccc(NC(=O)C2CC2)cc1. The Labute approximate surface area is 115 Å². The van der Waals surface area contributed by atoms with Crippen LogP contribution in [0.15, 0.2) is 24.3 Å². The van der Waals surface area contributed by atoms with Crippen LogP contribution in [0.4, 0.5) is 11.4 Å². The third kappa shape index (κ3) is 4.58. The van der Waals surface area contributed by atoms with E-state index in [-0.39, 0.29) is 11.8 Å². The van der Waals surface area contributed by atoms with Gasteiger partial charge in [0.25, 0.3) is 0 Å².